The van der Waals surface area contributed by atoms with E-state index in [1.54, 1.807) is 6.07 Å². The average molecular weight is 319 g/mol. The van der Waals surface area contributed by atoms with Crippen LogP contribution in [0.3, 0.4) is 0 Å². The van der Waals surface area contributed by atoms with E-state index in [1.807, 2.05) is 13.0 Å². The standard InChI is InChI=1S/C10H9BrClN3O2/c1-5-2-6(12)3-7(11)9(5)16-4-8-14-15-10(13)17-8/h2-3H,4H2,1H3,(H2,13,15). The van der Waals surface area contributed by atoms with Crippen LogP contribution in [0.1, 0.15) is 11.5 Å². The largest absolute Gasteiger partial charge is 0.482 e. The third-order valence-electron chi connectivity index (χ3n) is 2.02. The van der Waals surface area contributed by atoms with E-state index in [-0.39, 0.29) is 12.6 Å². The van der Waals surface area contributed by atoms with Crippen molar-refractivity contribution in [3.63, 3.8) is 0 Å². The number of nitrogens with two attached hydrogens (primary N) is 1. The van der Waals surface area contributed by atoms with E-state index in [9.17, 15) is 0 Å². The van der Waals surface area contributed by atoms with Crippen molar-refractivity contribution in [1.82, 2.24) is 10.2 Å². The normalized spacial score (nSPS) is 10.5. The minimum absolute atomic E-state index is 0.0236. The van der Waals surface area contributed by atoms with Gasteiger partial charge in [-0.1, -0.05) is 16.7 Å². The van der Waals surface area contributed by atoms with Gasteiger partial charge in [0.25, 0.3) is 5.89 Å². The van der Waals surface area contributed by atoms with Crippen LogP contribution >= 0.6 is 27.5 Å². The molecular formula is C10H9BrClN3O2. The fourth-order valence-electron chi connectivity index (χ4n) is 1.33. The second kappa shape index (κ2) is 4.93. The van der Waals surface area contributed by atoms with E-state index in [1.165, 1.54) is 0 Å². The highest BCUT2D eigenvalue weighted by molar-refractivity contribution is 9.10. The summed E-state index contributed by atoms with van der Waals surface area (Å²) in [6.07, 6.45) is 0. The van der Waals surface area contributed by atoms with Gasteiger partial charge < -0.3 is 14.9 Å². The number of aromatic nitrogens is 2. The highest BCUT2D eigenvalue weighted by atomic mass is 79.9. The third kappa shape index (κ3) is 2.89. The highest BCUT2D eigenvalue weighted by Crippen LogP contribution is 2.32. The van der Waals surface area contributed by atoms with Gasteiger partial charge in [-0.25, -0.2) is 0 Å². The van der Waals surface area contributed by atoms with Crippen LogP contribution in [-0.2, 0) is 6.61 Å². The lowest BCUT2D eigenvalue weighted by atomic mass is 10.2. The van der Waals surface area contributed by atoms with Gasteiger partial charge in [-0.3, -0.25) is 0 Å². The van der Waals surface area contributed by atoms with Crippen LogP contribution in [0.2, 0.25) is 5.02 Å². The Labute approximate surface area is 111 Å². The Morgan fingerprint density at radius 2 is 2.24 bits per heavy atom. The molecule has 1 heterocycles. The maximum atomic E-state index is 5.90. The van der Waals surface area contributed by atoms with E-state index in [2.05, 4.69) is 26.1 Å². The molecule has 17 heavy (non-hydrogen) atoms. The predicted molar refractivity (Wildman–Crippen MR) is 66.9 cm³/mol. The number of nitrogens with zero attached hydrogens (tertiary/aromatic N) is 2. The summed E-state index contributed by atoms with van der Waals surface area (Å²) in [5, 5.41) is 7.88. The number of ether oxygens (including phenoxy) is 1. The lowest BCUT2D eigenvalue weighted by Gasteiger charge is -2.09. The first kappa shape index (κ1) is 12.2. The molecule has 2 N–H and O–H groups in total. The summed E-state index contributed by atoms with van der Waals surface area (Å²) >= 11 is 9.28. The maximum Gasteiger partial charge on any atom is 0.312 e. The topological polar surface area (TPSA) is 74.2 Å². The van der Waals surface area contributed by atoms with Crippen molar-refractivity contribution in [3.8, 4) is 5.75 Å². The molecule has 0 fully saturated rings. The first-order valence-corrected chi connectivity index (χ1v) is 5.89. The van der Waals surface area contributed by atoms with E-state index in [4.69, 9.17) is 26.5 Å². The van der Waals surface area contributed by atoms with Crippen molar-refractivity contribution >= 4 is 33.5 Å². The molecule has 1 aromatic heterocycles. The molecule has 2 rings (SSSR count). The first-order valence-electron chi connectivity index (χ1n) is 4.72. The molecule has 0 unspecified atom stereocenters. The van der Waals surface area contributed by atoms with Crippen LogP contribution in [-0.4, -0.2) is 10.2 Å². The van der Waals surface area contributed by atoms with Gasteiger partial charge in [0.15, 0.2) is 6.61 Å². The van der Waals surface area contributed by atoms with Crippen LogP contribution in [0.25, 0.3) is 0 Å². The number of halogens is 2. The smallest absolute Gasteiger partial charge is 0.312 e. The summed E-state index contributed by atoms with van der Waals surface area (Å²) in [5.41, 5.74) is 6.22. The van der Waals surface area contributed by atoms with E-state index in [0.29, 0.717) is 16.7 Å². The molecule has 2 aromatic rings. The monoisotopic (exact) mass is 317 g/mol. The average Bonchev–Trinajstić information content (AvgIpc) is 2.62. The third-order valence-corrected chi connectivity index (χ3v) is 2.82. The molecule has 5 nitrogen and oxygen atoms in total. The van der Waals surface area contributed by atoms with Gasteiger partial charge in [-0.2, -0.15) is 0 Å². The van der Waals surface area contributed by atoms with Crippen LogP contribution in [0, 0.1) is 6.92 Å². The minimum atomic E-state index is 0.0236. The van der Waals surface area contributed by atoms with Crippen molar-refractivity contribution < 1.29 is 9.15 Å². The Morgan fingerprint density at radius 1 is 1.47 bits per heavy atom. The van der Waals surface area contributed by atoms with Crippen molar-refractivity contribution in [2.75, 3.05) is 5.73 Å². The number of hydrogen-bond donors (Lipinski definition) is 1. The summed E-state index contributed by atoms with van der Waals surface area (Å²) < 4.78 is 11.3. The Morgan fingerprint density at radius 3 is 2.82 bits per heavy atom. The Bertz CT molecular complexity index is 521. The SMILES string of the molecule is Cc1cc(Cl)cc(Br)c1OCc1nnc(N)o1. The number of benzene rings is 1. The Kier molecular flexibility index (Phi) is 3.54. The molecule has 0 saturated carbocycles. The lowest BCUT2D eigenvalue weighted by molar-refractivity contribution is 0.262. The van der Waals surface area contributed by atoms with E-state index in [0.717, 1.165) is 10.0 Å². The molecule has 0 aliphatic heterocycles. The minimum Gasteiger partial charge on any atom is -0.482 e. The van der Waals surface area contributed by atoms with Crippen molar-refractivity contribution in [1.29, 1.82) is 0 Å². The van der Waals surface area contributed by atoms with Crippen LogP contribution in [0.4, 0.5) is 6.01 Å². The van der Waals surface area contributed by atoms with E-state index < -0.39 is 0 Å². The number of hydrogen-bond acceptors (Lipinski definition) is 5. The summed E-state index contributed by atoms with van der Waals surface area (Å²) in [5.74, 6) is 1.01. The number of rotatable bonds is 3. The zero-order chi connectivity index (χ0) is 12.4. The van der Waals surface area contributed by atoms with Crippen LogP contribution < -0.4 is 10.5 Å². The zero-order valence-corrected chi connectivity index (χ0v) is 11.2. The van der Waals surface area contributed by atoms with Gasteiger partial charge >= 0.3 is 6.01 Å². The van der Waals surface area contributed by atoms with Gasteiger partial charge in [-0.15, -0.1) is 5.10 Å². The molecule has 0 radical (unpaired) electrons. The van der Waals surface area contributed by atoms with Crippen molar-refractivity contribution in [3.05, 3.63) is 33.1 Å². The summed E-state index contributed by atoms with van der Waals surface area (Å²) in [6, 6.07) is 3.59. The molecule has 0 atom stereocenters. The molecule has 0 aliphatic rings. The number of aryl methyl sites for hydroxylation is 1. The molecular weight excluding hydrogens is 309 g/mol. The van der Waals surface area contributed by atoms with Gasteiger partial charge in [0.2, 0.25) is 0 Å². The van der Waals surface area contributed by atoms with Gasteiger partial charge in [0, 0.05) is 5.02 Å². The molecule has 0 spiro atoms. The van der Waals surface area contributed by atoms with Gasteiger partial charge in [-0.05, 0) is 40.5 Å². The van der Waals surface area contributed by atoms with Crippen LogP contribution in [0.5, 0.6) is 5.75 Å². The fraction of sp³-hybridized carbons (Fsp3) is 0.200. The Balaban J connectivity index is 2.14. The van der Waals surface area contributed by atoms with Crippen molar-refractivity contribution in [2.45, 2.75) is 13.5 Å². The van der Waals surface area contributed by atoms with Gasteiger partial charge in [0.1, 0.15) is 5.75 Å². The molecule has 90 valence electrons. The van der Waals surface area contributed by atoms with Crippen LogP contribution in [0.15, 0.2) is 21.0 Å². The zero-order valence-electron chi connectivity index (χ0n) is 8.91. The summed E-state index contributed by atoms with van der Waals surface area (Å²) in [4.78, 5) is 0. The first-order chi connectivity index (χ1) is 8.06. The summed E-state index contributed by atoms with van der Waals surface area (Å²) in [6.45, 7) is 2.05. The van der Waals surface area contributed by atoms with Crippen molar-refractivity contribution in [2.24, 2.45) is 0 Å². The molecule has 0 aliphatic carbocycles. The second-order valence-corrected chi connectivity index (χ2v) is 4.65. The maximum absolute atomic E-state index is 5.90. The molecule has 7 heteroatoms. The van der Waals surface area contributed by atoms with E-state index >= 15 is 0 Å². The number of anilines is 1. The quantitative estimate of drug-likeness (QED) is 0.941. The number of nitrogen functional groups attached to an aromatic ring is 1. The van der Waals surface area contributed by atoms with Gasteiger partial charge in [0.05, 0.1) is 4.47 Å². The fourth-order valence-corrected chi connectivity index (χ4v) is 2.41. The highest BCUT2D eigenvalue weighted by Gasteiger charge is 2.09. The molecule has 0 amide bonds. The second-order valence-electron chi connectivity index (χ2n) is 3.36. The molecule has 0 saturated heterocycles. The predicted octanol–water partition coefficient (Wildman–Crippen LogP) is 2.96. The Hall–Kier alpha value is -1.27. The molecule has 0 bridgehead atoms. The summed E-state index contributed by atoms with van der Waals surface area (Å²) in [7, 11) is 0. The lowest BCUT2D eigenvalue weighted by Crippen LogP contribution is -1.98. The molecule has 1 aromatic carbocycles.